The summed E-state index contributed by atoms with van der Waals surface area (Å²) in [5, 5.41) is 8.44. The van der Waals surface area contributed by atoms with Crippen molar-refractivity contribution in [2.75, 3.05) is 6.54 Å². The molecule has 0 saturated heterocycles. The van der Waals surface area contributed by atoms with E-state index in [1.54, 1.807) is 23.5 Å². The number of nitrogens with one attached hydrogen (secondary N) is 2. The maximum Gasteiger partial charge on any atom is 0.234 e. The first-order chi connectivity index (χ1) is 13.5. The fraction of sp³-hybridized carbons (Fsp3) is 0.261. The third-order valence-electron chi connectivity index (χ3n) is 4.64. The summed E-state index contributed by atoms with van der Waals surface area (Å²) in [5.74, 6) is -0.0333. The highest BCUT2D eigenvalue weighted by Crippen LogP contribution is 2.26. The molecule has 1 aromatic heterocycles. The molecule has 146 valence electrons. The van der Waals surface area contributed by atoms with Crippen LogP contribution in [0.15, 0.2) is 72.1 Å². The molecule has 0 radical (unpaired) electrons. The predicted octanol–water partition coefficient (Wildman–Crippen LogP) is 5.08. The number of carbonyl (C=O) groups excluding carboxylic acids is 1. The average molecular weight is 397 g/mol. The van der Waals surface area contributed by atoms with Crippen molar-refractivity contribution in [2.24, 2.45) is 5.92 Å². The summed E-state index contributed by atoms with van der Waals surface area (Å²) in [6.07, 6.45) is 0. The van der Waals surface area contributed by atoms with Crippen LogP contribution in [0.4, 0.5) is 4.39 Å². The number of carbonyl (C=O) groups is 1. The molecule has 0 bridgehead atoms. The van der Waals surface area contributed by atoms with Crippen LogP contribution in [0.5, 0.6) is 0 Å². The number of halogens is 1. The maximum absolute atomic E-state index is 13.3. The van der Waals surface area contributed by atoms with Crippen LogP contribution in [-0.2, 0) is 4.79 Å². The molecule has 0 saturated carbocycles. The Labute approximate surface area is 169 Å². The summed E-state index contributed by atoms with van der Waals surface area (Å²) in [4.78, 5) is 13.7. The fourth-order valence-corrected chi connectivity index (χ4v) is 4.05. The van der Waals surface area contributed by atoms with Gasteiger partial charge in [0.25, 0.3) is 0 Å². The van der Waals surface area contributed by atoms with E-state index >= 15 is 0 Å². The molecule has 0 aliphatic heterocycles. The molecular weight excluding hydrogens is 371 g/mol. The second kappa shape index (κ2) is 9.62. The Balaban J connectivity index is 1.69. The molecule has 5 heteroatoms. The summed E-state index contributed by atoms with van der Waals surface area (Å²) in [7, 11) is 0. The van der Waals surface area contributed by atoms with E-state index in [0.29, 0.717) is 5.92 Å². The van der Waals surface area contributed by atoms with E-state index < -0.39 is 0 Å². The summed E-state index contributed by atoms with van der Waals surface area (Å²) >= 11 is 1.57. The molecule has 0 unspecified atom stereocenters. The van der Waals surface area contributed by atoms with Crippen LogP contribution in [0.2, 0.25) is 0 Å². The van der Waals surface area contributed by atoms with E-state index in [-0.39, 0.29) is 30.4 Å². The minimum absolute atomic E-state index is 0.0932. The Morgan fingerprint density at radius 3 is 2.29 bits per heavy atom. The van der Waals surface area contributed by atoms with Gasteiger partial charge in [0.1, 0.15) is 5.82 Å². The number of rotatable bonds is 8. The Bertz CT molecular complexity index is 863. The summed E-state index contributed by atoms with van der Waals surface area (Å²) in [6, 6.07) is 20.2. The van der Waals surface area contributed by atoms with Crippen LogP contribution in [-0.4, -0.2) is 12.5 Å². The van der Waals surface area contributed by atoms with Gasteiger partial charge >= 0.3 is 0 Å². The first-order valence-corrected chi connectivity index (χ1v) is 10.3. The van der Waals surface area contributed by atoms with E-state index in [1.807, 2.05) is 35.7 Å². The van der Waals surface area contributed by atoms with Crippen molar-refractivity contribution in [3.8, 4) is 0 Å². The average Bonchev–Trinajstić information content (AvgIpc) is 3.22. The molecule has 0 fully saturated rings. The Morgan fingerprint density at radius 2 is 1.68 bits per heavy atom. The van der Waals surface area contributed by atoms with Crippen molar-refractivity contribution in [3.63, 3.8) is 0 Å². The fourth-order valence-electron chi connectivity index (χ4n) is 3.24. The molecule has 1 heterocycles. The zero-order valence-corrected chi connectivity index (χ0v) is 16.9. The van der Waals surface area contributed by atoms with Gasteiger partial charge in [0.05, 0.1) is 12.6 Å². The third kappa shape index (κ3) is 5.27. The Morgan fingerprint density at radius 1 is 0.964 bits per heavy atom. The van der Waals surface area contributed by atoms with Gasteiger partial charge in [-0.15, -0.1) is 11.3 Å². The van der Waals surface area contributed by atoms with E-state index in [4.69, 9.17) is 0 Å². The lowest BCUT2D eigenvalue weighted by molar-refractivity contribution is -0.120. The highest BCUT2D eigenvalue weighted by molar-refractivity contribution is 7.10. The zero-order valence-electron chi connectivity index (χ0n) is 16.1. The lowest BCUT2D eigenvalue weighted by atomic mass is 9.96. The normalized spacial score (nSPS) is 13.3. The molecule has 0 aliphatic carbocycles. The first-order valence-electron chi connectivity index (χ1n) is 9.41. The first kappa shape index (κ1) is 20.2. The van der Waals surface area contributed by atoms with Crippen molar-refractivity contribution in [1.82, 2.24) is 10.6 Å². The van der Waals surface area contributed by atoms with Crippen molar-refractivity contribution in [1.29, 1.82) is 0 Å². The van der Waals surface area contributed by atoms with Crippen LogP contribution in [0.3, 0.4) is 0 Å². The van der Waals surface area contributed by atoms with Crippen LogP contribution in [0.25, 0.3) is 0 Å². The van der Waals surface area contributed by atoms with Crippen molar-refractivity contribution >= 4 is 17.2 Å². The molecule has 3 aromatic rings. The van der Waals surface area contributed by atoms with Crippen LogP contribution >= 0.6 is 11.3 Å². The van der Waals surface area contributed by atoms with Gasteiger partial charge in [0.2, 0.25) is 5.91 Å². The number of benzene rings is 2. The molecule has 3 rings (SSSR count). The molecule has 3 nitrogen and oxygen atoms in total. The monoisotopic (exact) mass is 396 g/mol. The number of hydrogen-bond acceptors (Lipinski definition) is 3. The molecule has 0 spiro atoms. The van der Waals surface area contributed by atoms with Gasteiger partial charge in [0, 0.05) is 10.9 Å². The van der Waals surface area contributed by atoms with Crippen molar-refractivity contribution in [2.45, 2.75) is 25.9 Å². The second-order valence-electron chi connectivity index (χ2n) is 7.08. The standard InChI is InChI=1S/C23H25FN2OS/c1-16(2)22(17-7-4-3-5-8-17)25-15-21(27)26-23(20-9-6-14-28-20)18-10-12-19(24)13-11-18/h3-14,16,22-23,25H,15H2,1-2H3,(H,26,27)/t22-,23-/m1/s1. The van der Waals surface area contributed by atoms with Crippen LogP contribution in [0, 0.1) is 11.7 Å². The summed E-state index contributed by atoms with van der Waals surface area (Å²) < 4.78 is 13.3. The molecule has 1 amide bonds. The third-order valence-corrected chi connectivity index (χ3v) is 5.58. The van der Waals surface area contributed by atoms with Gasteiger partial charge in [-0.05, 0) is 40.6 Å². The number of amides is 1. The predicted molar refractivity (Wildman–Crippen MR) is 113 cm³/mol. The highest BCUT2D eigenvalue weighted by Gasteiger charge is 2.20. The molecule has 2 atom stereocenters. The molecule has 28 heavy (non-hydrogen) atoms. The van der Waals surface area contributed by atoms with Crippen LogP contribution in [0.1, 0.15) is 41.9 Å². The van der Waals surface area contributed by atoms with Crippen LogP contribution < -0.4 is 10.6 Å². The number of thiophene rings is 1. The van der Waals surface area contributed by atoms with Gasteiger partial charge in [-0.25, -0.2) is 4.39 Å². The topological polar surface area (TPSA) is 41.1 Å². The summed E-state index contributed by atoms with van der Waals surface area (Å²) in [6.45, 7) is 4.48. The smallest absolute Gasteiger partial charge is 0.234 e. The van der Waals surface area contributed by atoms with Gasteiger partial charge in [-0.1, -0.05) is 62.4 Å². The second-order valence-corrected chi connectivity index (χ2v) is 8.06. The molecule has 2 aromatic carbocycles. The largest absolute Gasteiger partial charge is 0.343 e. The lowest BCUT2D eigenvalue weighted by Gasteiger charge is -2.24. The van der Waals surface area contributed by atoms with Gasteiger partial charge in [-0.3, -0.25) is 4.79 Å². The molecule has 2 N–H and O–H groups in total. The van der Waals surface area contributed by atoms with Crippen molar-refractivity contribution in [3.05, 3.63) is 93.9 Å². The van der Waals surface area contributed by atoms with Gasteiger partial charge in [0.15, 0.2) is 0 Å². The SMILES string of the molecule is CC(C)[C@@H](NCC(=O)N[C@H](c1ccc(F)cc1)c1cccs1)c1ccccc1. The molecule has 0 aliphatic rings. The minimum atomic E-state index is -0.288. The Hall–Kier alpha value is -2.50. The van der Waals surface area contributed by atoms with E-state index in [0.717, 1.165) is 10.4 Å². The van der Waals surface area contributed by atoms with E-state index in [9.17, 15) is 9.18 Å². The Kier molecular flexibility index (Phi) is 6.95. The maximum atomic E-state index is 13.3. The van der Waals surface area contributed by atoms with Gasteiger partial charge in [-0.2, -0.15) is 0 Å². The highest BCUT2D eigenvalue weighted by atomic mass is 32.1. The van der Waals surface area contributed by atoms with Gasteiger partial charge < -0.3 is 10.6 Å². The number of hydrogen-bond donors (Lipinski definition) is 2. The lowest BCUT2D eigenvalue weighted by Crippen LogP contribution is -2.39. The summed E-state index contributed by atoms with van der Waals surface area (Å²) in [5.41, 5.74) is 2.03. The molecular formula is C23H25FN2OS. The van der Waals surface area contributed by atoms with Crippen molar-refractivity contribution < 1.29 is 9.18 Å². The zero-order chi connectivity index (χ0) is 19.9. The minimum Gasteiger partial charge on any atom is -0.343 e. The van der Waals surface area contributed by atoms with E-state index in [1.165, 1.54) is 17.7 Å². The van der Waals surface area contributed by atoms with E-state index in [2.05, 4.69) is 36.6 Å². The quantitative estimate of drug-likeness (QED) is 0.557.